The van der Waals surface area contributed by atoms with Gasteiger partial charge in [-0.2, -0.15) is 0 Å². The fraction of sp³-hybridized carbons (Fsp3) is 0.222. The fourth-order valence-corrected chi connectivity index (χ4v) is 4.04. The maximum Gasteiger partial charge on any atom is 0.337 e. The Morgan fingerprint density at radius 1 is 1.21 bits per heavy atom. The van der Waals surface area contributed by atoms with Crippen LogP contribution in [0.4, 0.5) is 17.1 Å². The van der Waals surface area contributed by atoms with Crippen molar-refractivity contribution in [3.05, 3.63) is 63.7 Å². The van der Waals surface area contributed by atoms with E-state index in [1.807, 2.05) is 6.07 Å². The normalized spacial score (nSPS) is 17.2. The number of hydrogen-bond acceptors (Lipinski definition) is 8. The number of ether oxygens (including phenoxy) is 1. The smallest absolute Gasteiger partial charge is 0.337 e. The van der Waals surface area contributed by atoms with Crippen LogP contribution in [-0.4, -0.2) is 34.1 Å². The lowest BCUT2D eigenvalue weighted by Crippen LogP contribution is -2.40. The molecule has 1 aliphatic heterocycles. The standard InChI is InChI=1S/C18H17N3O6S/c1-27-17(24)12-4-2-3-11(7-12)10-28-18(9-16(22)23)19-14-6-5-13(21(25)26)8-15(14)20-18/h2-8,19-20H,9-10H2,1H3,(H,22,23). The predicted octanol–water partition coefficient (Wildman–Crippen LogP) is 3.28. The highest BCUT2D eigenvalue weighted by atomic mass is 32.2. The lowest BCUT2D eigenvalue weighted by atomic mass is 10.1. The summed E-state index contributed by atoms with van der Waals surface area (Å²) < 4.78 is 4.71. The minimum atomic E-state index is -1.08. The molecule has 146 valence electrons. The van der Waals surface area contributed by atoms with Crippen LogP contribution >= 0.6 is 11.8 Å². The zero-order valence-corrected chi connectivity index (χ0v) is 15.6. The van der Waals surface area contributed by atoms with Crippen LogP contribution in [0.2, 0.25) is 0 Å². The Balaban J connectivity index is 1.81. The molecule has 1 atom stereocenters. The summed E-state index contributed by atoms with van der Waals surface area (Å²) in [4.78, 5) is 32.5. The van der Waals surface area contributed by atoms with Crippen molar-refractivity contribution in [2.75, 3.05) is 17.7 Å². The molecule has 3 rings (SSSR count). The van der Waals surface area contributed by atoms with Crippen LogP contribution in [0.25, 0.3) is 0 Å². The molecule has 0 radical (unpaired) electrons. The molecular weight excluding hydrogens is 386 g/mol. The molecule has 9 nitrogen and oxygen atoms in total. The number of carbonyl (C=O) groups excluding carboxylic acids is 1. The van der Waals surface area contributed by atoms with Gasteiger partial charge in [-0.05, 0) is 23.8 Å². The molecule has 0 aliphatic carbocycles. The van der Waals surface area contributed by atoms with E-state index in [0.29, 0.717) is 22.7 Å². The molecule has 0 saturated carbocycles. The van der Waals surface area contributed by atoms with E-state index < -0.39 is 21.9 Å². The first-order valence-corrected chi connectivity index (χ1v) is 9.18. The number of nitrogens with zero attached hydrogens (tertiary/aromatic N) is 1. The Morgan fingerprint density at radius 3 is 2.64 bits per heavy atom. The number of carbonyl (C=O) groups is 2. The molecule has 0 saturated heterocycles. The number of rotatable bonds is 7. The first-order chi connectivity index (χ1) is 13.3. The highest BCUT2D eigenvalue weighted by Gasteiger charge is 2.39. The van der Waals surface area contributed by atoms with Gasteiger partial charge < -0.3 is 20.5 Å². The summed E-state index contributed by atoms with van der Waals surface area (Å²) in [6, 6.07) is 11.1. The Hall–Kier alpha value is -3.27. The highest BCUT2D eigenvalue weighted by Crippen LogP contribution is 2.44. The number of esters is 1. The number of nitro groups is 1. The number of aliphatic carboxylic acids is 1. The third-order valence-electron chi connectivity index (χ3n) is 4.12. The molecule has 1 aliphatic rings. The second-order valence-electron chi connectivity index (χ2n) is 6.12. The van der Waals surface area contributed by atoms with E-state index in [9.17, 15) is 24.8 Å². The number of methoxy groups -OCH3 is 1. The third-order valence-corrected chi connectivity index (χ3v) is 5.44. The van der Waals surface area contributed by atoms with E-state index in [4.69, 9.17) is 4.74 Å². The number of anilines is 2. The predicted molar refractivity (Wildman–Crippen MR) is 104 cm³/mol. The summed E-state index contributed by atoms with van der Waals surface area (Å²) in [6.07, 6.45) is -0.267. The number of fused-ring (bicyclic) bond motifs is 1. The first-order valence-electron chi connectivity index (χ1n) is 8.20. The summed E-state index contributed by atoms with van der Waals surface area (Å²) in [6.45, 7) is 0. The quantitative estimate of drug-likeness (QED) is 0.362. The molecule has 1 unspecified atom stereocenters. The van der Waals surface area contributed by atoms with E-state index in [2.05, 4.69) is 10.6 Å². The average molecular weight is 403 g/mol. The summed E-state index contributed by atoms with van der Waals surface area (Å²) in [7, 11) is 1.30. The number of thioether (sulfide) groups is 1. The molecule has 0 spiro atoms. The van der Waals surface area contributed by atoms with Gasteiger partial charge in [0.2, 0.25) is 0 Å². The number of carboxylic acid groups (broad SMARTS) is 1. The third kappa shape index (κ3) is 4.17. The molecule has 0 fully saturated rings. The van der Waals surface area contributed by atoms with Gasteiger partial charge >= 0.3 is 11.9 Å². The van der Waals surface area contributed by atoms with Crippen molar-refractivity contribution in [3.8, 4) is 0 Å². The second-order valence-corrected chi connectivity index (χ2v) is 7.39. The molecule has 2 aromatic rings. The summed E-state index contributed by atoms with van der Waals surface area (Å²) in [5.74, 6) is -1.09. The van der Waals surface area contributed by atoms with Gasteiger partial charge in [0.15, 0.2) is 4.99 Å². The summed E-state index contributed by atoms with van der Waals surface area (Å²) in [5, 5.41) is 26.5. The van der Waals surface area contributed by atoms with Gasteiger partial charge in [-0.25, -0.2) is 4.79 Å². The fourth-order valence-electron chi connectivity index (χ4n) is 2.86. The van der Waals surface area contributed by atoms with Gasteiger partial charge in [0.1, 0.15) is 0 Å². The second kappa shape index (κ2) is 7.77. The average Bonchev–Trinajstić information content (AvgIpc) is 3.02. The minimum Gasteiger partial charge on any atom is -0.481 e. The molecule has 28 heavy (non-hydrogen) atoms. The van der Waals surface area contributed by atoms with Gasteiger partial charge in [0.05, 0.1) is 35.4 Å². The van der Waals surface area contributed by atoms with Crippen LogP contribution in [-0.2, 0) is 15.3 Å². The number of non-ortho nitro benzene ring substituents is 1. The molecule has 0 bridgehead atoms. The number of benzene rings is 2. The summed E-state index contributed by atoms with van der Waals surface area (Å²) >= 11 is 1.29. The molecule has 1 heterocycles. The Morgan fingerprint density at radius 2 is 1.96 bits per heavy atom. The van der Waals surface area contributed by atoms with Crippen LogP contribution in [0.15, 0.2) is 42.5 Å². The SMILES string of the molecule is COC(=O)c1cccc(CSC2(CC(=O)O)Nc3ccc([N+](=O)[O-])cc3N2)c1. The van der Waals surface area contributed by atoms with E-state index in [0.717, 1.165) is 5.56 Å². The van der Waals surface area contributed by atoms with Crippen molar-refractivity contribution in [1.82, 2.24) is 0 Å². The van der Waals surface area contributed by atoms with Crippen LogP contribution in [0, 0.1) is 10.1 Å². The van der Waals surface area contributed by atoms with E-state index in [-0.39, 0.29) is 12.1 Å². The number of hydrogen-bond donors (Lipinski definition) is 3. The lowest BCUT2D eigenvalue weighted by Gasteiger charge is -2.28. The lowest BCUT2D eigenvalue weighted by molar-refractivity contribution is -0.384. The van der Waals surface area contributed by atoms with E-state index >= 15 is 0 Å². The largest absolute Gasteiger partial charge is 0.481 e. The molecule has 0 amide bonds. The monoisotopic (exact) mass is 403 g/mol. The van der Waals surface area contributed by atoms with Crippen LogP contribution in [0.1, 0.15) is 22.3 Å². The topological polar surface area (TPSA) is 131 Å². The number of nitrogens with one attached hydrogen (secondary N) is 2. The zero-order chi connectivity index (χ0) is 20.3. The van der Waals surface area contributed by atoms with E-state index in [1.165, 1.54) is 31.0 Å². The molecular formula is C18H17N3O6S. The van der Waals surface area contributed by atoms with Gasteiger partial charge in [0.25, 0.3) is 5.69 Å². The summed E-state index contributed by atoms with van der Waals surface area (Å²) in [5.41, 5.74) is 2.17. The highest BCUT2D eigenvalue weighted by molar-refractivity contribution is 8.00. The minimum absolute atomic E-state index is 0.0880. The Bertz CT molecular complexity index is 951. The van der Waals surface area contributed by atoms with Crippen LogP contribution in [0.5, 0.6) is 0 Å². The maximum absolute atomic E-state index is 11.7. The van der Waals surface area contributed by atoms with Crippen LogP contribution in [0.3, 0.4) is 0 Å². The van der Waals surface area contributed by atoms with Crippen molar-refractivity contribution < 1.29 is 24.4 Å². The Kier molecular flexibility index (Phi) is 5.41. The van der Waals surface area contributed by atoms with Crippen molar-refractivity contribution in [3.63, 3.8) is 0 Å². The Labute approximate surface area is 164 Å². The van der Waals surface area contributed by atoms with Crippen molar-refractivity contribution >= 4 is 40.8 Å². The first kappa shape index (κ1) is 19.5. The maximum atomic E-state index is 11.7. The van der Waals surface area contributed by atoms with Gasteiger partial charge in [-0.3, -0.25) is 14.9 Å². The zero-order valence-electron chi connectivity index (χ0n) is 14.8. The number of carboxylic acids is 1. The van der Waals surface area contributed by atoms with Crippen molar-refractivity contribution in [2.24, 2.45) is 0 Å². The molecule has 10 heteroatoms. The van der Waals surface area contributed by atoms with Crippen molar-refractivity contribution in [2.45, 2.75) is 17.2 Å². The molecule has 2 aromatic carbocycles. The van der Waals surface area contributed by atoms with Crippen molar-refractivity contribution in [1.29, 1.82) is 0 Å². The van der Waals surface area contributed by atoms with Gasteiger partial charge in [-0.1, -0.05) is 12.1 Å². The number of nitro benzene ring substituents is 1. The molecule has 3 N–H and O–H groups in total. The van der Waals surface area contributed by atoms with Crippen LogP contribution < -0.4 is 10.6 Å². The molecule has 0 aromatic heterocycles. The van der Waals surface area contributed by atoms with E-state index in [1.54, 1.807) is 24.3 Å². The van der Waals surface area contributed by atoms with Gasteiger partial charge in [0, 0.05) is 17.9 Å². The van der Waals surface area contributed by atoms with Gasteiger partial charge in [-0.15, -0.1) is 11.8 Å².